The number of unbranched alkanes of at least 4 members (excludes halogenated alkanes) is 1. The highest BCUT2D eigenvalue weighted by Gasteiger charge is 2.22. The van der Waals surface area contributed by atoms with Crippen molar-refractivity contribution < 1.29 is 0 Å². The molecule has 0 saturated carbocycles. The molecule has 0 spiro atoms. The van der Waals surface area contributed by atoms with E-state index in [9.17, 15) is 0 Å². The summed E-state index contributed by atoms with van der Waals surface area (Å²) in [5.41, 5.74) is 2.52. The molecule has 2 heteroatoms. The van der Waals surface area contributed by atoms with E-state index in [-0.39, 0.29) is 6.04 Å². The van der Waals surface area contributed by atoms with Crippen LogP contribution in [0.25, 0.3) is 0 Å². The lowest BCUT2D eigenvalue weighted by Crippen LogP contribution is -2.12. The second-order valence-corrected chi connectivity index (χ2v) is 4.66. The maximum atomic E-state index is 4.36. The zero-order chi connectivity index (χ0) is 11.4. The normalized spacial score (nSPS) is 29.7. The quantitative estimate of drug-likeness (QED) is 0.672. The molecular weight excluding hydrogens is 196 g/mol. The molecule has 2 nitrogen and oxygen atoms in total. The Balaban J connectivity index is 2.06. The van der Waals surface area contributed by atoms with Crippen LogP contribution in [-0.2, 0) is 0 Å². The van der Waals surface area contributed by atoms with Crippen molar-refractivity contribution in [3.05, 3.63) is 36.0 Å². The second-order valence-electron chi connectivity index (χ2n) is 4.66. The highest BCUT2D eigenvalue weighted by atomic mass is 15.2. The van der Waals surface area contributed by atoms with Crippen LogP contribution in [0, 0.1) is 0 Å². The average molecular weight is 216 g/mol. The van der Waals surface area contributed by atoms with Gasteiger partial charge >= 0.3 is 0 Å². The highest BCUT2D eigenvalue weighted by molar-refractivity contribution is 5.35. The van der Waals surface area contributed by atoms with Crippen molar-refractivity contribution in [2.24, 2.45) is 10.2 Å². The van der Waals surface area contributed by atoms with Crippen LogP contribution in [0.1, 0.15) is 39.0 Å². The van der Waals surface area contributed by atoms with E-state index >= 15 is 0 Å². The fourth-order valence-electron chi connectivity index (χ4n) is 2.17. The first-order valence-electron chi connectivity index (χ1n) is 6.27. The Morgan fingerprint density at radius 1 is 1.50 bits per heavy atom. The molecule has 0 aromatic carbocycles. The molecule has 0 amide bonds. The second kappa shape index (κ2) is 5.24. The number of hydrogen-bond acceptors (Lipinski definition) is 2. The van der Waals surface area contributed by atoms with Gasteiger partial charge in [0.2, 0.25) is 0 Å². The van der Waals surface area contributed by atoms with Crippen LogP contribution in [-0.4, -0.2) is 12.1 Å². The Labute approximate surface area is 97.8 Å². The van der Waals surface area contributed by atoms with Gasteiger partial charge in [0.05, 0.1) is 12.1 Å². The summed E-state index contributed by atoms with van der Waals surface area (Å²) < 4.78 is 0. The Bertz CT molecular complexity index is 350. The summed E-state index contributed by atoms with van der Waals surface area (Å²) in [5, 5.41) is 8.64. The summed E-state index contributed by atoms with van der Waals surface area (Å²) in [5.74, 6) is 0. The first-order valence-corrected chi connectivity index (χ1v) is 6.27. The van der Waals surface area contributed by atoms with Crippen LogP contribution in [0.4, 0.5) is 0 Å². The molecule has 3 rings (SSSR count). The molecule has 1 aliphatic carbocycles. The van der Waals surface area contributed by atoms with Crippen molar-refractivity contribution in [3.63, 3.8) is 0 Å². The van der Waals surface area contributed by atoms with Gasteiger partial charge in [0, 0.05) is 0 Å². The summed E-state index contributed by atoms with van der Waals surface area (Å²) in [4.78, 5) is 0. The fourth-order valence-corrected chi connectivity index (χ4v) is 2.17. The first kappa shape index (κ1) is 11.3. The molecule has 2 bridgehead atoms. The number of hydrogen-bond donors (Lipinski definition) is 0. The molecular formula is C14H20N2. The smallest absolute Gasteiger partial charge is 0.0958 e. The van der Waals surface area contributed by atoms with E-state index in [4.69, 9.17) is 0 Å². The van der Waals surface area contributed by atoms with Gasteiger partial charge in [-0.15, -0.1) is 0 Å². The van der Waals surface area contributed by atoms with Crippen molar-refractivity contribution >= 4 is 0 Å². The van der Waals surface area contributed by atoms with E-state index in [1.165, 1.54) is 24.0 Å². The lowest BCUT2D eigenvalue weighted by molar-refractivity contribution is 0.525. The van der Waals surface area contributed by atoms with Crippen molar-refractivity contribution in [3.8, 4) is 0 Å². The number of nitrogens with zero attached hydrogens (tertiary/aromatic N) is 2. The standard InChI is InChI=1S/C14H20N2/c1-3-4-5-11(2)10-12-6-7-13-8-9-14(12)16-15-13/h6-7,10,13-14H,2-5,8-9H2,1H3/b12-10+/t13-,14-/m0/s1. The molecule has 0 saturated heterocycles. The molecule has 86 valence electrons. The molecule has 3 aliphatic rings. The molecule has 0 N–H and O–H groups in total. The summed E-state index contributed by atoms with van der Waals surface area (Å²) in [6, 6.07) is 0.611. The van der Waals surface area contributed by atoms with Gasteiger partial charge in [0.25, 0.3) is 0 Å². The topological polar surface area (TPSA) is 24.7 Å². The van der Waals surface area contributed by atoms with Crippen molar-refractivity contribution in [1.29, 1.82) is 0 Å². The summed E-state index contributed by atoms with van der Waals surface area (Å²) in [6.07, 6.45) is 12.4. The van der Waals surface area contributed by atoms with E-state index in [1.54, 1.807) is 0 Å². The SMILES string of the molecule is C=C(/C=C1\C=C[C@H]2CC[C@@H]1N=N2)CCCC. The summed E-state index contributed by atoms with van der Waals surface area (Å²) >= 11 is 0. The summed E-state index contributed by atoms with van der Waals surface area (Å²) in [6.45, 7) is 6.33. The van der Waals surface area contributed by atoms with Gasteiger partial charge in [-0.25, -0.2) is 0 Å². The molecule has 0 radical (unpaired) electrons. The summed E-state index contributed by atoms with van der Waals surface area (Å²) in [7, 11) is 0. The predicted octanol–water partition coefficient (Wildman–Crippen LogP) is 4.21. The molecule has 2 atom stereocenters. The van der Waals surface area contributed by atoms with Crippen LogP contribution in [0.2, 0.25) is 0 Å². The van der Waals surface area contributed by atoms with Crippen molar-refractivity contribution in [2.45, 2.75) is 51.1 Å². The van der Waals surface area contributed by atoms with Gasteiger partial charge in [0.1, 0.15) is 0 Å². The molecule has 0 fully saturated rings. The minimum absolute atomic E-state index is 0.286. The van der Waals surface area contributed by atoms with Gasteiger partial charge in [-0.2, -0.15) is 10.2 Å². The van der Waals surface area contributed by atoms with Gasteiger partial charge in [-0.3, -0.25) is 0 Å². The van der Waals surface area contributed by atoms with Crippen LogP contribution in [0.5, 0.6) is 0 Å². The average Bonchev–Trinajstić information content (AvgIpc) is 2.61. The zero-order valence-corrected chi connectivity index (χ0v) is 10.0. The molecule has 2 heterocycles. The lowest BCUT2D eigenvalue weighted by Gasteiger charge is -2.15. The Hall–Kier alpha value is -1.18. The van der Waals surface area contributed by atoms with E-state index in [0.29, 0.717) is 6.04 Å². The number of azo groups is 1. The molecule has 0 unspecified atom stereocenters. The number of allylic oxidation sites excluding steroid dienone is 2. The maximum absolute atomic E-state index is 4.36. The number of rotatable bonds is 4. The predicted molar refractivity (Wildman–Crippen MR) is 67.6 cm³/mol. The minimum Gasteiger partial charge on any atom is -0.186 e. The van der Waals surface area contributed by atoms with E-state index < -0.39 is 0 Å². The lowest BCUT2D eigenvalue weighted by atomic mass is 10.00. The first-order chi connectivity index (χ1) is 7.79. The Kier molecular flexibility index (Phi) is 3.70. The van der Waals surface area contributed by atoms with E-state index in [1.807, 2.05) is 0 Å². The van der Waals surface area contributed by atoms with Crippen LogP contribution >= 0.6 is 0 Å². The van der Waals surface area contributed by atoms with E-state index in [2.05, 4.69) is 42.0 Å². The maximum Gasteiger partial charge on any atom is 0.0958 e. The van der Waals surface area contributed by atoms with Gasteiger partial charge in [0.15, 0.2) is 0 Å². The Morgan fingerprint density at radius 2 is 2.38 bits per heavy atom. The Morgan fingerprint density at radius 3 is 3.06 bits per heavy atom. The monoisotopic (exact) mass is 216 g/mol. The third-order valence-corrected chi connectivity index (χ3v) is 3.21. The zero-order valence-electron chi connectivity index (χ0n) is 10.0. The van der Waals surface area contributed by atoms with Crippen LogP contribution in [0.15, 0.2) is 46.2 Å². The highest BCUT2D eigenvalue weighted by Crippen LogP contribution is 2.28. The van der Waals surface area contributed by atoms with Gasteiger partial charge < -0.3 is 0 Å². The van der Waals surface area contributed by atoms with Gasteiger partial charge in [-0.1, -0.05) is 43.7 Å². The fraction of sp³-hybridized carbons (Fsp3) is 0.571. The number of fused-ring (bicyclic) bond motifs is 2. The molecule has 0 aromatic rings. The van der Waals surface area contributed by atoms with Crippen LogP contribution in [0.3, 0.4) is 0 Å². The molecule has 2 aliphatic heterocycles. The minimum atomic E-state index is 0.286. The molecule has 16 heavy (non-hydrogen) atoms. The third kappa shape index (κ3) is 2.69. The van der Waals surface area contributed by atoms with E-state index in [0.717, 1.165) is 19.3 Å². The third-order valence-electron chi connectivity index (χ3n) is 3.21. The largest absolute Gasteiger partial charge is 0.186 e. The molecule has 0 aromatic heterocycles. The van der Waals surface area contributed by atoms with Crippen LogP contribution < -0.4 is 0 Å². The van der Waals surface area contributed by atoms with Crippen molar-refractivity contribution in [1.82, 2.24) is 0 Å². The van der Waals surface area contributed by atoms with Crippen molar-refractivity contribution in [2.75, 3.05) is 0 Å². The van der Waals surface area contributed by atoms with Gasteiger partial charge in [-0.05, 0) is 31.3 Å².